The van der Waals surface area contributed by atoms with Crippen molar-refractivity contribution in [3.63, 3.8) is 0 Å². The van der Waals surface area contributed by atoms with Crippen LogP contribution < -0.4 is 4.90 Å². The number of benzene rings is 1. The molecule has 0 aliphatic carbocycles. The number of fused-ring (bicyclic) bond motifs is 1. The predicted molar refractivity (Wildman–Crippen MR) is 101 cm³/mol. The van der Waals surface area contributed by atoms with E-state index in [0.29, 0.717) is 42.4 Å². The second-order valence-corrected chi connectivity index (χ2v) is 7.42. The Hall–Kier alpha value is -3.43. The van der Waals surface area contributed by atoms with Crippen molar-refractivity contribution in [3.8, 4) is 5.69 Å². The molecule has 1 amide bonds. The molecule has 2 unspecified atom stereocenters. The summed E-state index contributed by atoms with van der Waals surface area (Å²) in [5.74, 6) is 1.06. The molecule has 148 valence electrons. The number of hydrogen-bond acceptors (Lipinski definition) is 7. The van der Waals surface area contributed by atoms with E-state index in [4.69, 9.17) is 0 Å². The van der Waals surface area contributed by atoms with E-state index in [1.165, 1.54) is 29.6 Å². The minimum Gasteiger partial charge on any atom is -0.340 e. The van der Waals surface area contributed by atoms with Crippen LogP contribution in [0.15, 0.2) is 36.9 Å². The van der Waals surface area contributed by atoms with Gasteiger partial charge in [-0.05, 0) is 19.1 Å². The van der Waals surface area contributed by atoms with Crippen molar-refractivity contribution in [3.05, 3.63) is 54.1 Å². The molecular formula is C19H19FN8O. The lowest BCUT2D eigenvalue weighted by Gasteiger charge is -2.22. The van der Waals surface area contributed by atoms with Crippen LogP contribution in [0.25, 0.3) is 5.69 Å². The van der Waals surface area contributed by atoms with E-state index in [1.807, 2.05) is 6.92 Å². The summed E-state index contributed by atoms with van der Waals surface area (Å²) in [5, 5.41) is 8.10. The summed E-state index contributed by atoms with van der Waals surface area (Å²) < 4.78 is 14.6. The van der Waals surface area contributed by atoms with E-state index < -0.39 is 5.82 Å². The molecule has 0 N–H and O–H groups in total. The molecule has 2 aliphatic rings. The van der Waals surface area contributed by atoms with Crippen LogP contribution in [0.3, 0.4) is 0 Å². The molecule has 9 nitrogen and oxygen atoms in total. The number of anilines is 1. The number of nitrogens with zero attached hydrogens (tertiary/aromatic N) is 8. The van der Waals surface area contributed by atoms with Gasteiger partial charge in [0.05, 0.1) is 12.4 Å². The Kier molecular flexibility index (Phi) is 4.18. The number of carbonyl (C=O) groups excluding carboxylic acids is 1. The fourth-order valence-corrected chi connectivity index (χ4v) is 4.23. The molecule has 0 bridgehead atoms. The van der Waals surface area contributed by atoms with Crippen molar-refractivity contribution >= 4 is 11.9 Å². The molecule has 3 aromatic rings. The molecule has 2 fully saturated rings. The van der Waals surface area contributed by atoms with Gasteiger partial charge in [0.2, 0.25) is 5.95 Å². The van der Waals surface area contributed by atoms with Crippen LogP contribution in [0, 0.1) is 24.6 Å². The van der Waals surface area contributed by atoms with E-state index in [9.17, 15) is 9.18 Å². The summed E-state index contributed by atoms with van der Waals surface area (Å²) >= 11 is 0. The smallest absolute Gasteiger partial charge is 0.259 e. The minimum absolute atomic E-state index is 0.00798. The van der Waals surface area contributed by atoms with Crippen molar-refractivity contribution in [2.75, 3.05) is 31.1 Å². The second kappa shape index (κ2) is 6.87. The molecular weight excluding hydrogens is 375 g/mol. The summed E-state index contributed by atoms with van der Waals surface area (Å²) in [5.41, 5.74) is 0.355. The van der Waals surface area contributed by atoms with E-state index in [-0.39, 0.29) is 11.5 Å². The zero-order valence-electron chi connectivity index (χ0n) is 15.8. The first-order valence-corrected chi connectivity index (χ1v) is 9.45. The monoisotopic (exact) mass is 394 g/mol. The first-order valence-electron chi connectivity index (χ1n) is 9.45. The number of hydrogen-bond donors (Lipinski definition) is 0. The van der Waals surface area contributed by atoms with E-state index in [1.54, 1.807) is 17.0 Å². The van der Waals surface area contributed by atoms with Gasteiger partial charge in [-0.2, -0.15) is 20.0 Å². The Morgan fingerprint density at radius 3 is 2.48 bits per heavy atom. The molecule has 29 heavy (non-hydrogen) atoms. The standard InChI is InChI=1S/C19H19FN8O/c1-12-21-11-22-19(25-12)27-9-13-7-26(8-14(13)10-27)18(29)17-15(20)3-2-4-16(17)28-23-5-6-24-28/h2-6,11,13-14H,7-10H2,1H3. The number of aromatic nitrogens is 6. The molecule has 4 heterocycles. The van der Waals surface area contributed by atoms with Crippen LogP contribution in [0.1, 0.15) is 16.2 Å². The maximum absolute atomic E-state index is 14.6. The van der Waals surface area contributed by atoms with Crippen LogP contribution in [-0.4, -0.2) is 66.9 Å². The molecule has 5 rings (SSSR count). The zero-order valence-corrected chi connectivity index (χ0v) is 15.8. The fraction of sp³-hybridized carbons (Fsp3) is 0.368. The van der Waals surface area contributed by atoms with Gasteiger partial charge in [0.15, 0.2) is 0 Å². The maximum Gasteiger partial charge on any atom is 0.259 e. The van der Waals surface area contributed by atoms with Crippen molar-refractivity contribution < 1.29 is 9.18 Å². The average molecular weight is 394 g/mol. The van der Waals surface area contributed by atoms with Gasteiger partial charge in [-0.15, -0.1) is 0 Å². The van der Waals surface area contributed by atoms with E-state index in [2.05, 4.69) is 30.0 Å². The van der Waals surface area contributed by atoms with Crippen molar-refractivity contribution in [2.45, 2.75) is 6.92 Å². The van der Waals surface area contributed by atoms with Crippen molar-refractivity contribution in [2.24, 2.45) is 11.8 Å². The van der Waals surface area contributed by atoms with Crippen molar-refractivity contribution in [1.82, 2.24) is 34.8 Å². The molecule has 10 heteroatoms. The van der Waals surface area contributed by atoms with Crippen LogP contribution in [0.5, 0.6) is 0 Å². The minimum atomic E-state index is -0.566. The van der Waals surface area contributed by atoms with Crippen LogP contribution >= 0.6 is 0 Å². The highest BCUT2D eigenvalue weighted by molar-refractivity contribution is 5.98. The summed E-state index contributed by atoms with van der Waals surface area (Å²) in [6.07, 6.45) is 4.51. The summed E-state index contributed by atoms with van der Waals surface area (Å²) in [6.45, 7) is 4.52. The van der Waals surface area contributed by atoms with Gasteiger partial charge in [0, 0.05) is 38.0 Å². The Morgan fingerprint density at radius 2 is 1.79 bits per heavy atom. The van der Waals surface area contributed by atoms with Gasteiger partial charge in [0.1, 0.15) is 29.2 Å². The largest absolute Gasteiger partial charge is 0.340 e. The second-order valence-electron chi connectivity index (χ2n) is 7.42. The molecule has 0 spiro atoms. The lowest BCUT2D eigenvalue weighted by Crippen LogP contribution is -2.35. The first-order chi connectivity index (χ1) is 14.1. The van der Waals surface area contributed by atoms with Gasteiger partial charge in [-0.1, -0.05) is 6.07 Å². The lowest BCUT2D eigenvalue weighted by molar-refractivity contribution is 0.0777. The lowest BCUT2D eigenvalue weighted by atomic mass is 10.0. The van der Waals surface area contributed by atoms with Gasteiger partial charge < -0.3 is 9.80 Å². The van der Waals surface area contributed by atoms with Gasteiger partial charge in [0.25, 0.3) is 5.91 Å². The van der Waals surface area contributed by atoms with Gasteiger partial charge in [-0.3, -0.25) is 4.79 Å². The first kappa shape index (κ1) is 17.7. The molecule has 2 aromatic heterocycles. The Bertz CT molecular complexity index is 1040. The van der Waals surface area contributed by atoms with Crippen LogP contribution in [0.4, 0.5) is 10.3 Å². The number of halogens is 1. The van der Waals surface area contributed by atoms with E-state index in [0.717, 1.165) is 13.1 Å². The van der Waals surface area contributed by atoms with Gasteiger partial charge >= 0.3 is 0 Å². The third-order valence-corrected chi connectivity index (χ3v) is 5.58. The highest BCUT2D eigenvalue weighted by Gasteiger charge is 2.43. The molecule has 1 aromatic carbocycles. The maximum atomic E-state index is 14.6. The highest BCUT2D eigenvalue weighted by atomic mass is 19.1. The number of rotatable bonds is 3. The summed E-state index contributed by atoms with van der Waals surface area (Å²) in [6, 6.07) is 4.50. The predicted octanol–water partition coefficient (Wildman–Crippen LogP) is 1.11. The molecule has 0 saturated carbocycles. The zero-order chi connectivity index (χ0) is 20.0. The number of carbonyl (C=O) groups is 1. The third-order valence-electron chi connectivity index (χ3n) is 5.58. The van der Waals surface area contributed by atoms with Crippen LogP contribution in [0.2, 0.25) is 0 Å². The number of amides is 1. The molecule has 2 aliphatic heterocycles. The fourth-order valence-electron chi connectivity index (χ4n) is 4.23. The third kappa shape index (κ3) is 3.10. The SMILES string of the molecule is Cc1ncnc(N2CC3CN(C(=O)c4c(F)cccc4-n4nccn4)CC3C2)n1. The average Bonchev–Trinajstić information content (AvgIpc) is 3.43. The van der Waals surface area contributed by atoms with Gasteiger partial charge in [-0.25, -0.2) is 14.4 Å². The quantitative estimate of drug-likeness (QED) is 0.657. The van der Waals surface area contributed by atoms with Crippen LogP contribution in [-0.2, 0) is 0 Å². The van der Waals surface area contributed by atoms with E-state index >= 15 is 0 Å². The number of likely N-dealkylation sites (tertiary alicyclic amines) is 1. The Labute approximate surface area is 166 Å². The summed E-state index contributed by atoms with van der Waals surface area (Å²) in [4.78, 5) is 31.0. The summed E-state index contributed by atoms with van der Waals surface area (Å²) in [7, 11) is 0. The number of aryl methyl sites for hydroxylation is 1. The Morgan fingerprint density at radius 1 is 1.07 bits per heavy atom. The van der Waals surface area contributed by atoms with Crippen molar-refractivity contribution in [1.29, 1.82) is 0 Å². The molecule has 2 atom stereocenters. The normalized spacial score (nSPS) is 20.9. The topological polar surface area (TPSA) is 92.9 Å². The molecule has 2 saturated heterocycles. The highest BCUT2D eigenvalue weighted by Crippen LogP contribution is 2.34. The molecule has 0 radical (unpaired) electrons. The Balaban J connectivity index is 1.35.